The Labute approximate surface area is 202 Å². The fourth-order valence-corrected chi connectivity index (χ4v) is 3.86. The van der Waals surface area contributed by atoms with E-state index in [2.05, 4.69) is 27.5 Å². The van der Waals surface area contributed by atoms with Gasteiger partial charge in [-0.05, 0) is 65.7 Å². The first kappa shape index (κ1) is 21.5. The molecule has 5 aromatic rings. The molecule has 1 heterocycles. The third kappa shape index (κ3) is 4.85. The zero-order chi connectivity index (χ0) is 23.3. The molecule has 1 amide bonds. The van der Waals surface area contributed by atoms with Crippen LogP contribution in [-0.4, -0.2) is 17.2 Å². The Morgan fingerprint density at radius 1 is 0.853 bits per heavy atom. The second-order valence-corrected chi connectivity index (χ2v) is 8.17. The minimum Gasteiger partial charge on any atom is -0.361 e. The van der Waals surface area contributed by atoms with Gasteiger partial charge in [0.1, 0.15) is 6.34 Å². The van der Waals surface area contributed by atoms with Gasteiger partial charge in [0.05, 0.1) is 11.4 Å². The van der Waals surface area contributed by atoms with Crippen molar-refractivity contribution in [1.29, 1.82) is 0 Å². The summed E-state index contributed by atoms with van der Waals surface area (Å²) in [5.41, 5.74) is 8.75. The zero-order valence-corrected chi connectivity index (χ0v) is 18.9. The molecule has 0 unspecified atom stereocenters. The molecule has 6 heteroatoms. The molecule has 34 heavy (non-hydrogen) atoms. The SMILES string of the molecule is O=C(N=CN(Nc1ccc2[nH]ccc2c1)c1ccc(-c2ccccc2)cc1)c1cccc(Cl)c1. The number of anilines is 2. The van der Waals surface area contributed by atoms with E-state index in [1.54, 1.807) is 29.3 Å². The van der Waals surface area contributed by atoms with Gasteiger partial charge in [-0.25, -0.2) is 5.01 Å². The fraction of sp³-hybridized carbons (Fsp3) is 0. The molecular formula is C28H21ClN4O. The number of amides is 1. The van der Waals surface area contributed by atoms with Gasteiger partial charge in [-0.15, -0.1) is 0 Å². The van der Waals surface area contributed by atoms with Crippen LogP contribution < -0.4 is 10.4 Å². The highest BCUT2D eigenvalue weighted by molar-refractivity contribution is 6.31. The minimum atomic E-state index is -0.378. The lowest BCUT2D eigenvalue weighted by molar-refractivity contribution is 0.100. The molecule has 0 atom stereocenters. The van der Waals surface area contributed by atoms with Gasteiger partial charge in [0, 0.05) is 27.7 Å². The quantitative estimate of drug-likeness (QED) is 0.159. The van der Waals surface area contributed by atoms with E-state index in [9.17, 15) is 4.79 Å². The van der Waals surface area contributed by atoms with Crippen molar-refractivity contribution in [2.75, 3.05) is 10.4 Å². The van der Waals surface area contributed by atoms with Gasteiger partial charge in [0.2, 0.25) is 0 Å². The van der Waals surface area contributed by atoms with E-state index in [1.807, 2.05) is 72.9 Å². The van der Waals surface area contributed by atoms with Crippen LogP contribution in [0, 0.1) is 0 Å². The smallest absolute Gasteiger partial charge is 0.278 e. The monoisotopic (exact) mass is 464 g/mol. The number of hydrogen-bond donors (Lipinski definition) is 2. The summed E-state index contributed by atoms with van der Waals surface area (Å²) in [7, 11) is 0. The number of aromatic nitrogens is 1. The number of hydrogen-bond acceptors (Lipinski definition) is 2. The Morgan fingerprint density at radius 2 is 1.65 bits per heavy atom. The predicted molar refractivity (Wildman–Crippen MR) is 141 cm³/mol. The van der Waals surface area contributed by atoms with Gasteiger partial charge in [-0.2, -0.15) is 4.99 Å². The number of nitrogens with zero attached hydrogens (tertiary/aromatic N) is 2. The summed E-state index contributed by atoms with van der Waals surface area (Å²) >= 11 is 6.03. The Hall–Kier alpha value is -4.35. The average molecular weight is 465 g/mol. The normalized spacial score (nSPS) is 11.1. The first-order valence-corrected chi connectivity index (χ1v) is 11.2. The number of benzene rings is 4. The number of aromatic amines is 1. The number of fused-ring (bicyclic) bond motifs is 1. The highest BCUT2D eigenvalue weighted by atomic mass is 35.5. The van der Waals surface area contributed by atoms with Crippen molar-refractivity contribution in [3.05, 3.63) is 120 Å². The Bertz CT molecular complexity index is 1460. The first-order valence-electron chi connectivity index (χ1n) is 10.8. The summed E-state index contributed by atoms with van der Waals surface area (Å²) in [6.07, 6.45) is 3.39. The number of hydrazine groups is 1. The molecule has 0 saturated heterocycles. The van der Waals surface area contributed by atoms with E-state index in [-0.39, 0.29) is 5.91 Å². The number of rotatable bonds is 6. The molecule has 2 N–H and O–H groups in total. The molecule has 1 aromatic heterocycles. The Balaban J connectivity index is 1.45. The van der Waals surface area contributed by atoms with Crippen LogP contribution in [0.5, 0.6) is 0 Å². The fourth-order valence-electron chi connectivity index (χ4n) is 3.67. The molecule has 4 aromatic carbocycles. The van der Waals surface area contributed by atoms with Gasteiger partial charge in [-0.1, -0.05) is 60.1 Å². The van der Waals surface area contributed by atoms with Crippen molar-refractivity contribution < 1.29 is 4.79 Å². The molecule has 5 nitrogen and oxygen atoms in total. The maximum Gasteiger partial charge on any atom is 0.278 e. The lowest BCUT2D eigenvalue weighted by Gasteiger charge is -2.22. The summed E-state index contributed by atoms with van der Waals surface area (Å²) in [6, 6.07) is 33.0. The van der Waals surface area contributed by atoms with Gasteiger partial charge < -0.3 is 4.98 Å². The molecule has 0 aliphatic rings. The summed E-state index contributed by atoms with van der Waals surface area (Å²) in [4.78, 5) is 20.0. The molecule has 5 rings (SSSR count). The molecule has 0 radical (unpaired) electrons. The standard InChI is InChI=1S/C28H21ClN4O/c29-24-8-4-7-23(17-24)28(34)31-19-33(32-25-11-14-27-22(18-25)15-16-30-27)26-12-9-21(10-13-26)20-5-2-1-3-6-20/h1-19,30,32H. The van der Waals surface area contributed by atoms with Crippen molar-refractivity contribution in [3.8, 4) is 11.1 Å². The maximum atomic E-state index is 12.6. The lowest BCUT2D eigenvalue weighted by Crippen LogP contribution is -2.28. The van der Waals surface area contributed by atoms with Crippen molar-refractivity contribution in [2.24, 2.45) is 4.99 Å². The van der Waals surface area contributed by atoms with Crippen molar-refractivity contribution in [2.45, 2.75) is 0 Å². The number of halogens is 1. The van der Waals surface area contributed by atoms with Gasteiger partial charge in [0.15, 0.2) is 0 Å². The van der Waals surface area contributed by atoms with E-state index >= 15 is 0 Å². The number of H-pyrrole nitrogens is 1. The second-order valence-electron chi connectivity index (χ2n) is 7.73. The van der Waals surface area contributed by atoms with Crippen LogP contribution in [0.4, 0.5) is 11.4 Å². The van der Waals surface area contributed by atoms with Crippen LogP contribution >= 0.6 is 11.6 Å². The molecule has 0 spiro atoms. The van der Waals surface area contributed by atoms with E-state index in [0.717, 1.165) is 33.4 Å². The summed E-state index contributed by atoms with van der Waals surface area (Å²) in [5, 5.41) is 3.30. The maximum absolute atomic E-state index is 12.6. The molecule has 0 bridgehead atoms. The number of nitrogens with one attached hydrogen (secondary N) is 2. The molecule has 0 saturated carbocycles. The van der Waals surface area contributed by atoms with E-state index < -0.39 is 0 Å². The third-order valence-electron chi connectivity index (χ3n) is 5.42. The Kier molecular flexibility index (Phi) is 6.10. The summed E-state index contributed by atoms with van der Waals surface area (Å²) < 4.78 is 0. The van der Waals surface area contributed by atoms with Gasteiger partial charge in [0.25, 0.3) is 5.91 Å². The summed E-state index contributed by atoms with van der Waals surface area (Å²) in [6.45, 7) is 0. The van der Waals surface area contributed by atoms with E-state index in [0.29, 0.717) is 10.6 Å². The molecule has 166 valence electrons. The van der Waals surface area contributed by atoms with Crippen LogP contribution in [0.2, 0.25) is 5.02 Å². The predicted octanol–water partition coefficient (Wildman–Crippen LogP) is 7.19. The van der Waals surface area contributed by atoms with E-state index in [1.165, 1.54) is 6.34 Å². The average Bonchev–Trinajstić information content (AvgIpc) is 3.35. The van der Waals surface area contributed by atoms with Crippen LogP contribution in [0.1, 0.15) is 10.4 Å². The van der Waals surface area contributed by atoms with Crippen LogP contribution in [0.25, 0.3) is 22.0 Å². The first-order chi connectivity index (χ1) is 16.7. The lowest BCUT2D eigenvalue weighted by atomic mass is 10.1. The van der Waals surface area contributed by atoms with E-state index in [4.69, 9.17) is 11.6 Å². The van der Waals surface area contributed by atoms with Crippen LogP contribution in [0.15, 0.2) is 114 Å². The number of carbonyl (C=O) groups excluding carboxylic acids is 1. The topological polar surface area (TPSA) is 60.5 Å². The highest BCUT2D eigenvalue weighted by Gasteiger charge is 2.09. The van der Waals surface area contributed by atoms with Crippen LogP contribution in [-0.2, 0) is 0 Å². The van der Waals surface area contributed by atoms with Crippen LogP contribution in [0.3, 0.4) is 0 Å². The molecule has 0 fully saturated rings. The van der Waals surface area contributed by atoms with Gasteiger partial charge in [-0.3, -0.25) is 10.2 Å². The van der Waals surface area contributed by atoms with Crippen molar-refractivity contribution >= 4 is 46.1 Å². The molecular weight excluding hydrogens is 444 g/mol. The molecule has 0 aliphatic heterocycles. The van der Waals surface area contributed by atoms with Crippen molar-refractivity contribution in [1.82, 2.24) is 4.98 Å². The van der Waals surface area contributed by atoms with Crippen molar-refractivity contribution in [3.63, 3.8) is 0 Å². The number of carbonyl (C=O) groups is 1. The largest absolute Gasteiger partial charge is 0.361 e. The molecule has 0 aliphatic carbocycles. The summed E-state index contributed by atoms with van der Waals surface area (Å²) in [5.74, 6) is -0.378. The Morgan fingerprint density at radius 3 is 2.44 bits per heavy atom. The second kappa shape index (κ2) is 9.65. The number of aliphatic imine (C=N–C) groups is 1. The highest BCUT2D eigenvalue weighted by Crippen LogP contribution is 2.24. The third-order valence-corrected chi connectivity index (χ3v) is 5.65. The zero-order valence-electron chi connectivity index (χ0n) is 18.2. The van der Waals surface area contributed by atoms with Gasteiger partial charge >= 0.3 is 0 Å². The minimum absolute atomic E-state index is 0.378.